The molecule has 2 atom stereocenters. The molecule has 5 rings (SSSR count). The van der Waals surface area contributed by atoms with Crippen LogP contribution in [0.3, 0.4) is 0 Å². The lowest BCUT2D eigenvalue weighted by atomic mass is 9.80. The molecule has 2 bridgehead atoms. The highest BCUT2D eigenvalue weighted by Gasteiger charge is 2.39. The minimum atomic E-state index is 0.137. The highest BCUT2D eigenvalue weighted by atomic mass is 16.3. The first kappa shape index (κ1) is 16.3. The number of piperidine rings is 2. The van der Waals surface area contributed by atoms with Gasteiger partial charge in [-0.2, -0.15) is 0 Å². The average Bonchev–Trinajstić information content (AvgIpc) is 3.17. The quantitative estimate of drug-likeness (QED) is 0.832. The number of hydrogen-bond acceptors (Lipinski definition) is 4. The van der Waals surface area contributed by atoms with E-state index in [1.54, 1.807) is 12.3 Å². The molecule has 26 heavy (non-hydrogen) atoms. The zero-order valence-electron chi connectivity index (χ0n) is 15.4. The van der Waals surface area contributed by atoms with E-state index in [1.165, 1.54) is 38.0 Å². The summed E-state index contributed by atoms with van der Waals surface area (Å²) in [7, 11) is 2.22. The van der Waals surface area contributed by atoms with Gasteiger partial charge in [0.05, 0.1) is 6.26 Å². The predicted molar refractivity (Wildman–Crippen MR) is 101 cm³/mol. The van der Waals surface area contributed by atoms with Gasteiger partial charge in [0.25, 0.3) is 5.56 Å². The van der Waals surface area contributed by atoms with Crippen molar-refractivity contribution in [2.24, 2.45) is 5.92 Å². The lowest BCUT2D eigenvalue weighted by Gasteiger charge is -2.47. The molecule has 0 spiro atoms. The molecule has 0 amide bonds. The van der Waals surface area contributed by atoms with Gasteiger partial charge in [-0.3, -0.25) is 9.69 Å². The summed E-state index contributed by atoms with van der Waals surface area (Å²) in [6.07, 6.45) is 5.44. The van der Waals surface area contributed by atoms with E-state index in [0.29, 0.717) is 17.9 Å². The summed E-state index contributed by atoms with van der Waals surface area (Å²) in [5.41, 5.74) is 2.43. The van der Waals surface area contributed by atoms with Crippen LogP contribution in [0, 0.1) is 5.92 Å². The van der Waals surface area contributed by atoms with Crippen molar-refractivity contribution in [1.82, 2.24) is 14.4 Å². The number of furan rings is 1. The van der Waals surface area contributed by atoms with Crippen molar-refractivity contribution in [1.29, 1.82) is 0 Å². The van der Waals surface area contributed by atoms with E-state index in [4.69, 9.17) is 4.42 Å². The number of aromatic nitrogens is 1. The smallest absolute Gasteiger partial charge is 0.250 e. The van der Waals surface area contributed by atoms with Gasteiger partial charge in [0.15, 0.2) is 0 Å². The molecule has 5 nitrogen and oxygen atoms in total. The second-order valence-electron chi connectivity index (χ2n) is 8.35. The summed E-state index contributed by atoms with van der Waals surface area (Å²) in [6, 6.07) is 8.29. The van der Waals surface area contributed by atoms with Crippen molar-refractivity contribution in [2.45, 2.75) is 37.8 Å². The molecule has 2 saturated heterocycles. The van der Waals surface area contributed by atoms with Gasteiger partial charge >= 0.3 is 0 Å². The Kier molecular flexibility index (Phi) is 4.02. The van der Waals surface area contributed by atoms with Crippen molar-refractivity contribution in [2.75, 3.05) is 33.2 Å². The summed E-state index contributed by atoms with van der Waals surface area (Å²) in [4.78, 5) is 17.7. The number of likely N-dealkylation sites (tertiary alicyclic amines) is 2. The van der Waals surface area contributed by atoms with Crippen LogP contribution < -0.4 is 5.56 Å². The molecule has 0 N–H and O–H groups in total. The minimum absolute atomic E-state index is 0.137. The fourth-order valence-electron chi connectivity index (χ4n) is 5.35. The number of pyridine rings is 1. The topological polar surface area (TPSA) is 41.6 Å². The zero-order valence-corrected chi connectivity index (χ0v) is 15.4. The average molecular weight is 353 g/mol. The predicted octanol–water partition coefficient (Wildman–Crippen LogP) is 2.62. The van der Waals surface area contributed by atoms with Crippen molar-refractivity contribution in [3.05, 3.63) is 46.6 Å². The molecule has 0 saturated carbocycles. The number of nitrogens with zero attached hydrogens (tertiary/aromatic N) is 3. The molecule has 0 aliphatic carbocycles. The van der Waals surface area contributed by atoms with Crippen LogP contribution in [-0.4, -0.2) is 53.6 Å². The van der Waals surface area contributed by atoms with Gasteiger partial charge in [-0.1, -0.05) is 0 Å². The van der Waals surface area contributed by atoms with E-state index in [9.17, 15) is 4.79 Å². The van der Waals surface area contributed by atoms with Crippen molar-refractivity contribution < 1.29 is 4.42 Å². The number of hydrogen-bond donors (Lipinski definition) is 0. The molecule has 138 valence electrons. The monoisotopic (exact) mass is 353 g/mol. The highest BCUT2D eigenvalue weighted by Crippen LogP contribution is 2.41. The Morgan fingerprint density at radius 3 is 2.69 bits per heavy atom. The molecule has 2 aromatic heterocycles. The highest BCUT2D eigenvalue weighted by molar-refractivity contribution is 5.61. The standard InChI is InChI=1S/C21H27N3O2/c1-22-8-6-17(7-9-22)23-12-15-11-16(14-23)21-18(19-3-2-10-26-19)4-5-20(25)24(21)13-15/h2-5,10,15-17H,6-9,11-14H2,1H3. The first-order valence-electron chi connectivity index (χ1n) is 9.89. The maximum atomic E-state index is 12.5. The van der Waals surface area contributed by atoms with E-state index < -0.39 is 0 Å². The molecule has 0 aromatic carbocycles. The molecule has 0 radical (unpaired) electrons. The minimum Gasteiger partial charge on any atom is -0.464 e. The van der Waals surface area contributed by atoms with E-state index in [0.717, 1.165) is 31.0 Å². The van der Waals surface area contributed by atoms with Gasteiger partial charge in [-0.15, -0.1) is 0 Å². The summed E-state index contributed by atoms with van der Waals surface area (Å²) in [5.74, 6) is 1.89. The normalized spacial score (nSPS) is 27.4. The Balaban J connectivity index is 1.49. The Labute approximate surface area is 154 Å². The molecule has 3 aliphatic heterocycles. The van der Waals surface area contributed by atoms with E-state index in [1.807, 2.05) is 22.8 Å². The largest absolute Gasteiger partial charge is 0.464 e. The second kappa shape index (κ2) is 6.39. The van der Waals surface area contributed by atoms with Crippen LogP contribution in [-0.2, 0) is 6.54 Å². The van der Waals surface area contributed by atoms with Gasteiger partial charge in [0, 0.05) is 48.9 Å². The summed E-state index contributed by atoms with van der Waals surface area (Å²) in [6.45, 7) is 5.46. The molecular formula is C21H27N3O2. The third-order valence-corrected chi connectivity index (χ3v) is 6.61. The molecule has 2 fully saturated rings. The van der Waals surface area contributed by atoms with Crippen LogP contribution in [0.2, 0.25) is 0 Å². The van der Waals surface area contributed by atoms with Gasteiger partial charge in [-0.25, -0.2) is 0 Å². The third kappa shape index (κ3) is 2.74. The van der Waals surface area contributed by atoms with Crippen molar-refractivity contribution >= 4 is 0 Å². The Morgan fingerprint density at radius 1 is 1.08 bits per heavy atom. The van der Waals surface area contributed by atoms with Crippen molar-refractivity contribution in [3.8, 4) is 11.3 Å². The van der Waals surface area contributed by atoms with Crippen LogP contribution in [0.5, 0.6) is 0 Å². The Bertz CT molecular complexity index is 833. The molecule has 2 aromatic rings. The van der Waals surface area contributed by atoms with Crippen LogP contribution in [0.25, 0.3) is 11.3 Å². The lowest BCUT2D eigenvalue weighted by molar-refractivity contribution is 0.0518. The third-order valence-electron chi connectivity index (χ3n) is 6.61. The Morgan fingerprint density at radius 2 is 1.92 bits per heavy atom. The number of fused-ring (bicyclic) bond motifs is 4. The van der Waals surface area contributed by atoms with Gasteiger partial charge in [0.1, 0.15) is 5.76 Å². The zero-order chi connectivity index (χ0) is 17.7. The number of rotatable bonds is 2. The van der Waals surface area contributed by atoms with E-state index >= 15 is 0 Å². The van der Waals surface area contributed by atoms with E-state index in [-0.39, 0.29) is 5.56 Å². The van der Waals surface area contributed by atoms with E-state index in [2.05, 4.69) is 16.8 Å². The molecule has 2 unspecified atom stereocenters. The van der Waals surface area contributed by atoms with Crippen LogP contribution in [0.1, 0.15) is 30.9 Å². The van der Waals surface area contributed by atoms with Crippen molar-refractivity contribution in [3.63, 3.8) is 0 Å². The SMILES string of the molecule is CN1CCC(N2CC3CC(C2)c2c(-c4ccco4)ccc(=O)n2C3)CC1. The van der Waals surface area contributed by atoms with Crippen LogP contribution >= 0.6 is 0 Å². The Hall–Kier alpha value is -1.85. The molecule has 3 aliphatic rings. The fraction of sp³-hybridized carbons (Fsp3) is 0.571. The first-order chi connectivity index (χ1) is 12.7. The summed E-state index contributed by atoms with van der Waals surface area (Å²) in [5, 5.41) is 0. The first-order valence-corrected chi connectivity index (χ1v) is 9.89. The van der Waals surface area contributed by atoms with Gasteiger partial charge in [-0.05, 0) is 63.5 Å². The van der Waals surface area contributed by atoms with Gasteiger partial charge in [0.2, 0.25) is 0 Å². The summed E-state index contributed by atoms with van der Waals surface area (Å²) >= 11 is 0. The molecular weight excluding hydrogens is 326 g/mol. The maximum absolute atomic E-state index is 12.5. The van der Waals surface area contributed by atoms with Crippen LogP contribution in [0.4, 0.5) is 0 Å². The van der Waals surface area contributed by atoms with Crippen LogP contribution in [0.15, 0.2) is 39.7 Å². The maximum Gasteiger partial charge on any atom is 0.250 e. The molecule has 5 heterocycles. The fourth-order valence-corrected chi connectivity index (χ4v) is 5.35. The molecule has 5 heteroatoms. The lowest BCUT2D eigenvalue weighted by Crippen LogP contribution is -2.53. The van der Waals surface area contributed by atoms with Gasteiger partial charge < -0.3 is 13.9 Å². The summed E-state index contributed by atoms with van der Waals surface area (Å²) < 4.78 is 7.71. The second-order valence-corrected chi connectivity index (χ2v) is 8.35.